The van der Waals surface area contributed by atoms with E-state index in [1.165, 1.54) is 27.8 Å². The fourth-order valence-electron chi connectivity index (χ4n) is 3.57. The van der Waals surface area contributed by atoms with Crippen molar-refractivity contribution in [1.29, 1.82) is 0 Å². The summed E-state index contributed by atoms with van der Waals surface area (Å²) in [5.74, 6) is 1.04. The summed E-state index contributed by atoms with van der Waals surface area (Å²) >= 11 is 0. The summed E-state index contributed by atoms with van der Waals surface area (Å²) in [7, 11) is 0. The van der Waals surface area contributed by atoms with Crippen molar-refractivity contribution in [3.63, 3.8) is 0 Å². The second-order valence-electron chi connectivity index (χ2n) is 6.70. The first-order valence-electron chi connectivity index (χ1n) is 8.74. The van der Waals surface area contributed by atoms with Crippen LogP contribution in [0.15, 0.2) is 72.8 Å². The highest BCUT2D eigenvalue weighted by molar-refractivity contribution is 5.81. The van der Waals surface area contributed by atoms with Crippen molar-refractivity contribution in [3.8, 4) is 11.4 Å². The number of imidazole rings is 1. The number of hydrogen-bond donors (Lipinski definition) is 0. The summed E-state index contributed by atoms with van der Waals surface area (Å²) in [6, 6.07) is 25.8. The van der Waals surface area contributed by atoms with E-state index in [0.717, 1.165) is 11.3 Å². The summed E-state index contributed by atoms with van der Waals surface area (Å²) < 4.78 is 2.36. The Morgan fingerprint density at radius 3 is 2.32 bits per heavy atom. The van der Waals surface area contributed by atoms with Gasteiger partial charge in [0.15, 0.2) is 0 Å². The number of rotatable bonds is 3. The van der Waals surface area contributed by atoms with Gasteiger partial charge in [-0.25, -0.2) is 4.98 Å². The van der Waals surface area contributed by atoms with Gasteiger partial charge in [-0.05, 0) is 44.0 Å². The van der Waals surface area contributed by atoms with E-state index in [1.54, 1.807) is 0 Å². The van der Waals surface area contributed by atoms with Crippen molar-refractivity contribution < 1.29 is 0 Å². The van der Waals surface area contributed by atoms with E-state index in [4.69, 9.17) is 4.98 Å². The summed E-state index contributed by atoms with van der Waals surface area (Å²) in [5.41, 5.74) is 7.24. The van der Waals surface area contributed by atoms with Crippen LogP contribution in [0.1, 0.15) is 29.7 Å². The molecular weight excluding hydrogens is 304 g/mol. The number of nitrogens with zero attached hydrogens (tertiary/aromatic N) is 2. The van der Waals surface area contributed by atoms with Crippen LogP contribution in [0.3, 0.4) is 0 Å². The minimum Gasteiger partial charge on any atom is -0.317 e. The SMILES string of the molecule is Cc1ccc(-c2nc3ccccc3n2C(C)c2ccccc2)c(C)c1. The average Bonchev–Trinajstić information content (AvgIpc) is 3.01. The molecule has 1 heterocycles. The molecule has 3 aromatic carbocycles. The van der Waals surface area contributed by atoms with Crippen LogP contribution in [0.4, 0.5) is 0 Å². The molecule has 2 heteroatoms. The van der Waals surface area contributed by atoms with Gasteiger partial charge in [0.2, 0.25) is 0 Å². The zero-order valence-corrected chi connectivity index (χ0v) is 14.9. The summed E-state index contributed by atoms with van der Waals surface area (Å²) in [4.78, 5) is 4.98. The lowest BCUT2D eigenvalue weighted by atomic mass is 10.0. The molecule has 0 aliphatic carbocycles. The molecule has 0 aliphatic rings. The van der Waals surface area contributed by atoms with Crippen molar-refractivity contribution in [2.24, 2.45) is 0 Å². The largest absolute Gasteiger partial charge is 0.317 e. The third-order valence-electron chi connectivity index (χ3n) is 4.89. The fourth-order valence-corrected chi connectivity index (χ4v) is 3.57. The van der Waals surface area contributed by atoms with E-state index >= 15 is 0 Å². The Kier molecular flexibility index (Phi) is 3.89. The highest BCUT2D eigenvalue weighted by Crippen LogP contribution is 2.33. The lowest BCUT2D eigenvalue weighted by Gasteiger charge is -2.19. The van der Waals surface area contributed by atoms with Gasteiger partial charge in [0.25, 0.3) is 0 Å². The molecule has 0 amide bonds. The van der Waals surface area contributed by atoms with Gasteiger partial charge in [0.1, 0.15) is 5.82 Å². The summed E-state index contributed by atoms with van der Waals surface area (Å²) in [6.07, 6.45) is 0. The molecule has 0 N–H and O–H groups in total. The van der Waals surface area contributed by atoms with Gasteiger partial charge in [-0.15, -0.1) is 0 Å². The van der Waals surface area contributed by atoms with Crippen molar-refractivity contribution in [3.05, 3.63) is 89.5 Å². The van der Waals surface area contributed by atoms with E-state index in [2.05, 4.69) is 98.1 Å². The normalized spacial score (nSPS) is 12.4. The van der Waals surface area contributed by atoms with E-state index in [0.29, 0.717) is 0 Å². The standard InChI is InChI=1S/C23H22N2/c1-16-13-14-20(17(2)15-16)23-24-21-11-7-8-12-22(21)25(23)18(3)19-9-5-4-6-10-19/h4-15,18H,1-3H3. The third kappa shape index (κ3) is 2.74. The van der Waals surface area contributed by atoms with Crippen molar-refractivity contribution in [2.75, 3.05) is 0 Å². The van der Waals surface area contributed by atoms with E-state index < -0.39 is 0 Å². The van der Waals surface area contributed by atoms with Gasteiger partial charge in [-0.1, -0.05) is 66.2 Å². The minimum atomic E-state index is 0.212. The average molecular weight is 326 g/mol. The Hall–Kier alpha value is -2.87. The lowest BCUT2D eigenvalue weighted by Crippen LogP contribution is -2.09. The van der Waals surface area contributed by atoms with Gasteiger partial charge in [-0.2, -0.15) is 0 Å². The molecule has 0 bridgehead atoms. The lowest BCUT2D eigenvalue weighted by molar-refractivity contribution is 0.665. The van der Waals surface area contributed by atoms with Gasteiger partial charge in [0, 0.05) is 5.56 Å². The molecule has 0 spiro atoms. The van der Waals surface area contributed by atoms with Crippen LogP contribution in [0.5, 0.6) is 0 Å². The zero-order valence-electron chi connectivity index (χ0n) is 14.9. The molecular formula is C23H22N2. The molecule has 0 fully saturated rings. The maximum atomic E-state index is 4.98. The second-order valence-corrected chi connectivity index (χ2v) is 6.70. The van der Waals surface area contributed by atoms with Gasteiger partial charge < -0.3 is 4.57 Å². The van der Waals surface area contributed by atoms with Crippen molar-refractivity contribution in [1.82, 2.24) is 9.55 Å². The Morgan fingerprint density at radius 2 is 1.56 bits per heavy atom. The molecule has 0 saturated carbocycles. The predicted octanol–water partition coefficient (Wildman–Crippen LogP) is 5.93. The summed E-state index contributed by atoms with van der Waals surface area (Å²) in [6.45, 7) is 6.54. The molecule has 4 rings (SSSR count). The highest BCUT2D eigenvalue weighted by Gasteiger charge is 2.19. The molecule has 0 saturated heterocycles. The first-order valence-corrected chi connectivity index (χ1v) is 8.74. The Morgan fingerprint density at radius 1 is 0.840 bits per heavy atom. The smallest absolute Gasteiger partial charge is 0.141 e. The van der Waals surface area contributed by atoms with Crippen molar-refractivity contribution >= 4 is 11.0 Å². The van der Waals surface area contributed by atoms with Crippen LogP contribution in [0.25, 0.3) is 22.4 Å². The maximum Gasteiger partial charge on any atom is 0.141 e. The van der Waals surface area contributed by atoms with E-state index in [-0.39, 0.29) is 6.04 Å². The van der Waals surface area contributed by atoms with E-state index in [1.807, 2.05) is 0 Å². The first kappa shape index (κ1) is 15.6. The topological polar surface area (TPSA) is 17.8 Å². The van der Waals surface area contributed by atoms with Crippen LogP contribution in [0, 0.1) is 13.8 Å². The van der Waals surface area contributed by atoms with Gasteiger partial charge >= 0.3 is 0 Å². The number of benzene rings is 3. The Bertz CT molecular complexity index is 1030. The predicted molar refractivity (Wildman–Crippen MR) is 105 cm³/mol. The molecule has 2 nitrogen and oxygen atoms in total. The van der Waals surface area contributed by atoms with Gasteiger partial charge in [0.05, 0.1) is 17.1 Å². The van der Waals surface area contributed by atoms with Crippen LogP contribution in [-0.4, -0.2) is 9.55 Å². The molecule has 0 aliphatic heterocycles. The number of aromatic nitrogens is 2. The van der Waals surface area contributed by atoms with Crippen LogP contribution < -0.4 is 0 Å². The first-order chi connectivity index (χ1) is 12.1. The van der Waals surface area contributed by atoms with Crippen LogP contribution >= 0.6 is 0 Å². The van der Waals surface area contributed by atoms with E-state index in [9.17, 15) is 0 Å². The zero-order chi connectivity index (χ0) is 17.4. The minimum absolute atomic E-state index is 0.212. The number of para-hydroxylation sites is 2. The molecule has 1 unspecified atom stereocenters. The Balaban J connectivity index is 1.98. The monoisotopic (exact) mass is 326 g/mol. The second kappa shape index (κ2) is 6.21. The Labute approximate surface area is 148 Å². The number of hydrogen-bond acceptors (Lipinski definition) is 1. The molecule has 4 aromatic rings. The van der Waals surface area contributed by atoms with Gasteiger partial charge in [-0.3, -0.25) is 0 Å². The molecule has 0 radical (unpaired) electrons. The van der Waals surface area contributed by atoms with Crippen LogP contribution in [-0.2, 0) is 0 Å². The van der Waals surface area contributed by atoms with Crippen molar-refractivity contribution in [2.45, 2.75) is 26.8 Å². The molecule has 1 aromatic heterocycles. The number of fused-ring (bicyclic) bond motifs is 1. The van der Waals surface area contributed by atoms with Crippen LogP contribution in [0.2, 0.25) is 0 Å². The molecule has 124 valence electrons. The maximum absolute atomic E-state index is 4.98. The molecule has 25 heavy (non-hydrogen) atoms. The highest BCUT2D eigenvalue weighted by atomic mass is 15.1. The third-order valence-corrected chi connectivity index (χ3v) is 4.89. The molecule has 1 atom stereocenters. The quantitative estimate of drug-likeness (QED) is 0.456. The fraction of sp³-hybridized carbons (Fsp3) is 0.174. The number of aryl methyl sites for hydroxylation is 2. The summed E-state index contributed by atoms with van der Waals surface area (Å²) in [5, 5.41) is 0.